The molecule has 3 aromatic carbocycles. The van der Waals surface area contributed by atoms with Gasteiger partial charge in [0.1, 0.15) is 17.7 Å². The van der Waals surface area contributed by atoms with Crippen LogP contribution in [0.25, 0.3) is 33.1 Å². The minimum Gasteiger partial charge on any atom is -0.464 e. The third kappa shape index (κ3) is 7.14. The fourth-order valence-corrected chi connectivity index (χ4v) is 6.33. The molecule has 5 aromatic heterocycles. The van der Waals surface area contributed by atoms with Crippen LogP contribution in [-0.2, 0) is 19.3 Å². The first kappa shape index (κ1) is 34.6. The quantitative estimate of drug-likeness (QED) is 0.151. The number of pyridine rings is 1. The number of para-hydroxylation sites is 1. The Balaban J connectivity index is 1.06. The molecule has 0 radical (unpaired) electrons. The minimum absolute atomic E-state index is 0.146. The molecule has 11 nitrogen and oxygen atoms in total. The molecule has 0 aliphatic carbocycles. The Bertz CT molecular complexity index is 2750. The summed E-state index contributed by atoms with van der Waals surface area (Å²) >= 11 is 0. The summed E-state index contributed by atoms with van der Waals surface area (Å²) in [5.41, 5.74) is 4.77. The van der Waals surface area contributed by atoms with Crippen LogP contribution in [0.5, 0.6) is 0 Å². The highest BCUT2D eigenvalue weighted by atomic mass is 19.4. The Morgan fingerprint density at radius 2 is 1.49 bits per heavy atom. The fraction of sp³-hybridized carbons (Fsp3) is 0.0732. The van der Waals surface area contributed by atoms with Gasteiger partial charge < -0.3 is 24.2 Å². The lowest BCUT2D eigenvalue weighted by atomic mass is 10.1. The van der Waals surface area contributed by atoms with Crippen LogP contribution >= 0.6 is 0 Å². The first-order valence-corrected chi connectivity index (χ1v) is 16.8. The van der Waals surface area contributed by atoms with Crippen molar-refractivity contribution in [3.8, 4) is 17.4 Å². The molecule has 0 unspecified atom stereocenters. The smallest absolute Gasteiger partial charge is 0.433 e. The third-order valence-corrected chi connectivity index (χ3v) is 9.02. The van der Waals surface area contributed by atoms with Crippen LogP contribution in [0, 0.1) is 11.3 Å². The highest BCUT2D eigenvalue weighted by Crippen LogP contribution is 2.34. The molecule has 0 saturated carbocycles. The molecule has 0 aliphatic heterocycles. The molecule has 270 valence electrons. The number of nitriles is 1. The lowest BCUT2D eigenvalue weighted by molar-refractivity contribution is -0.141. The average Bonchev–Trinajstić information content (AvgIpc) is 3.92. The standard InChI is InChI=1S/C41H27F3N8O3/c42-41(43,44)38-14-11-27(19-46-38)21-52-22-33(30-4-1-2-6-35(30)52)48-39(53)29-17-37(55-24-29)28-12-13-36-31(16-28)34(49-40(54)32-5-3-15-47-50-32)23-51(36)20-26-9-7-25(18-45)8-10-26/h1-17,19,22-24H,20-21H2,(H,48,53)(H,49,54). The molecule has 2 N–H and O–H groups in total. The van der Waals surface area contributed by atoms with Crippen LogP contribution in [0.4, 0.5) is 24.5 Å². The first-order chi connectivity index (χ1) is 26.6. The van der Waals surface area contributed by atoms with E-state index in [1.807, 2.05) is 69.9 Å². The highest BCUT2D eigenvalue weighted by molar-refractivity contribution is 6.10. The van der Waals surface area contributed by atoms with Gasteiger partial charge in [-0.2, -0.15) is 23.5 Å². The van der Waals surface area contributed by atoms with Crippen LogP contribution in [-0.4, -0.2) is 36.1 Å². The number of nitrogens with one attached hydrogen (secondary N) is 2. The zero-order valence-corrected chi connectivity index (χ0v) is 28.6. The normalized spacial score (nSPS) is 11.5. The monoisotopic (exact) mass is 736 g/mol. The summed E-state index contributed by atoms with van der Waals surface area (Å²) in [5.74, 6) is -0.457. The Hall–Kier alpha value is -7.53. The number of amides is 2. The average molecular weight is 737 g/mol. The molecule has 0 atom stereocenters. The number of alkyl halides is 3. The van der Waals surface area contributed by atoms with Crippen molar-refractivity contribution in [2.75, 3.05) is 10.6 Å². The molecule has 8 aromatic rings. The number of halogens is 3. The number of rotatable bonds is 9. The van der Waals surface area contributed by atoms with Crippen molar-refractivity contribution in [3.05, 3.63) is 162 Å². The fourth-order valence-electron chi connectivity index (χ4n) is 6.33. The van der Waals surface area contributed by atoms with Crippen molar-refractivity contribution in [1.82, 2.24) is 24.3 Å². The topological polar surface area (TPSA) is 144 Å². The summed E-state index contributed by atoms with van der Waals surface area (Å²) < 4.78 is 48.8. The number of fused-ring (bicyclic) bond motifs is 2. The van der Waals surface area contributed by atoms with Gasteiger partial charge in [-0.05, 0) is 71.8 Å². The predicted molar refractivity (Wildman–Crippen MR) is 198 cm³/mol. The molecule has 2 amide bonds. The van der Waals surface area contributed by atoms with E-state index < -0.39 is 23.7 Å². The van der Waals surface area contributed by atoms with Gasteiger partial charge in [-0.15, -0.1) is 5.10 Å². The molecule has 55 heavy (non-hydrogen) atoms. The number of benzene rings is 3. The van der Waals surface area contributed by atoms with Crippen LogP contribution in [0.15, 0.2) is 133 Å². The third-order valence-electron chi connectivity index (χ3n) is 9.02. The van der Waals surface area contributed by atoms with Crippen molar-refractivity contribution < 1.29 is 27.2 Å². The van der Waals surface area contributed by atoms with E-state index in [1.54, 1.807) is 36.5 Å². The molecule has 8 rings (SSSR count). The van der Waals surface area contributed by atoms with Crippen molar-refractivity contribution in [2.45, 2.75) is 19.3 Å². The molecule has 5 heterocycles. The summed E-state index contributed by atoms with van der Waals surface area (Å²) in [6, 6.07) is 29.5. The maximum Gasteiger partial charge on any atom is 0.433 e. The number of carbonyl (C=O) groups is 2. The van der Waals surface area contributed by atoms with Crippen LogP contribution in [0.1, 0.15) is 43.2 Å². The predicted octanol–water partition coefficient (Wildman–Crippen LogP) is 8.53. The summed E-state index contributed by atoms with van der Waals surface area (Å²) in [5, 5.41) is 24.3. The second-order valence-corrected chi connectivity index (χ2v) is 12.7. The number of nitrogens with zero attached hydrogens (tertiary/aromatic N) is 6. The van der Waals surface area contributed by atoms with Crippen LogP contribution < -0.4 is 10.6 Å². The molecular weight excluding hydrogens is 709 g/mol. The molecule has 0 bridgehead atoms. The van der Waals surface area contributed by atoms with Gasteiger partial charge in [0, 0.05) is 54.2 Å². The van der Waals surface area contributed by atoms with E-state index in [2.05, 4.69) is 31.9 Å². The van der Waals surface area contributed by atoms with Crippen LogP contribution in [0.3, 0.4) is 0 Å². The summed E-state index contributed by atoms with van der Waals surface area (Å²) in [6.07, 6.45) is 3.05. The van der Waals surface area contributed by atoms with Gasteiger partial charge in [0.15, 0.2) is 5.69 Å². The van der Waals surface area contributed by atoms with Gasteiger partial charge in [-0.3, -0.25) is 14.6 Å². The Morgan fingerprint density at radius 1 is 0.782 bits per heavy atom. The van der Waals surface area contributed by atoms with Crippen molar-refractivity contribution >= 4 is 45.0 Å². The molecule has 0 saturated heterocycles. The highest BCUT2D eigenvalue weighted by Gasteiger charge is 2.32. The Labute approximate surface area is 310 Å². The molecule has 0 aliphatic rings. The lowest BCUT2D eigenvalue weighted by Gasteiger charge is -2.08. The van der Waals surface area contributed by atoms with Gasteiger partial charge in [-0.1, -0.05) is 36.4 Å². The maximum absolute atomic E-state index is 13.6. The van der Waals surface area contributed by atoms with E-state index in [-0.39, 0.29) is 17.8 Å². The van der Waals surface area contributed by atoms with E-state index in [9.17, 15) is 28.0 Å². The molecular formula is C41H27F3N8O3. The number of carbonyl (C=O) groups excluding carboxylic acids is 2. The van der Waals surface area contributed by atoms with Crippen molar-refractivity contribution in [2.24, 2.45) is 0 Å². The van der Waals surface area contributed by atoms with Gasteiger partial charge in [0.2, 0.25) is 0 Å². The van der Waals surface area contributed by atoms with Gasteiger partial charge >= 0.3 is 6.18 Å². The number of aromatic nitrogens is 5. The van der Waals surface area contributed by atoms with Crippen LogP contribution in [0.2, 0.25) is 0 Å². The van der Waals surface area contributed by atoms with E-state index in [1.165, 1.54) is 24.7 Å². The summed E-state index contributed by atoms with van der Waals surface area (Å²) in [6.45, 7) is 0.696. The second kappa shape index (κ2) is 14.1. The second-order valence-electron chi connectivity index (χ2n) is 12.7. The number of furan rings is 1. The number of hydrogen-bond acceptors (Lipinski definition) is 7. The van der Waals surface area contributed by atoms with E-state index in [4.69, 9.17) is 4.42 Å². The zero-order chi connectivity index (χ0) is 38.1. The van der Waals surface area contributed by atoms with E-state index in [0.29, 0.717) is 45.8 Å². The Morgan fingerprint density at radius 3 is 2.20 bits per heavy atom. The van der Waals surface area contributed by atoms with Gasteiger partial charge in [0.25, 0.3) is 11.8 Å². The largest absolute Gasteiger partial charge is 0.464 e. The van der Waals surface area contributed by atoms with Gasteiger partial charge in [0.05, 0.1) is 39.6 Å². The summed E-state index contributed by atoms with van der Waals surface area (Å²) in [7, 11) is 0. The molecule has 0 spiro atoms. The van der Waals surface area contributed by atoms with E-state index in [0.717, 1.165) is 28.0 Å². The van der Waals surface area contributed by atoms with Crippen molar-refractivity contribution in [3.63, 3.8) is 0 Å². The zero-order valence-electron chi connectivity index (χ0n) is 28.6. The summed E-state index contributed by atoms with van der Waals surface area (Å²) in [4.78, 5) is 30.3. The minimum atomic E-state index is -4.53. The van der Waals surface area contributed by atoms with Gasteiger partial charge in [-0.25, -0.2) is 0 Å². The Kier molecular flexibility index (Phi) is 8.87. The number of hydrogen-bond donors (Lipinski definition) is 2. The maximum atomic E-state index is 13.6. The lowest BCUT2D eigenvalue weighted by Crippen LogP contribution is -2.13. The number of anilines is 2. The van der Waals surface area contributed by atoms with E-state index >= 15 is 0 Å². The first-order valence-electron chi connectivity index (χ1n) is 16.8. The van der Waals surface area contributed by atoms with Crippen molar-refractivity contribution in [1.29, 1.82) is 5.26 Å². The SMILES string of the molecule is N#Cc1ccc(Cn2cc(NC(=O)c3cccnn3)c3cc(-c4cc(C(=O)Nc5cn(Cc6ccc(C(F)(F)F)nc6)c6ccccc56)co4)ccc32)cc1. The molecule has 0 fully saturated rings. The molecule has 14 heteroatoms.